The fraction of sp³-hybridized carbons (Fsp3) is 0.600. The molecule has 1 atom stereocenters. The lowest BCUT2D eigenvalue weighted by Gasteiger charge is -2.21. The quantitative estimate of drug-likeness (QED) is 0.791. The number of aryl methyl sites for hydroxylation is 2. The molecule has 0 fully saturated rings. The molecule has 2 N–H and O–H groups in total. The van der Waals surface area contributed by atoms with Crippen LogP contribution in [0, 0.1) is 19.8 Å². The fourth-order valence-electron chi connectivity index (χ4n) is 2.51. The Bertz CT molecular complexity index is 306. The van der Waals surface area contributed by atoms with Crippen molar-refractivity contribution in [3.63, 3.8) is 0 Å². The summed E-state index contributed by atoms with van der Waals surface area (Å²) in [7, 11) is 0. The molecule has 90 valence electrons. The average Bonchev–Trinajstić information content (AvgIpc) is 2.25. The van der Waals surface area contributed by atoms with Crippen molar-refractivity contribution in [2.24, 2.45) is 11.7 Å². The maximum Gasteiger partial charge on any atom is 0.0302 e. The number of benzene rings is 1. The summed E-state index contributed by atoms with van der Waals surface area (Å²) in [6, 6.07) is 6.63. The van der Waals surface area contributed by atoms with E-state index < -0.39 is 0 Å². The molecule has 0 spiro atoms. The van der Waals surface area contributed by atoms with Crippen LogP contribution in [-0.4, -0.2) is 0 Å². The molecule has 0 radical (unpaired) electrons. The van der Waals surface area contributed by atoms with Crippen molar-refractivity contribution >= 4 is 0 Å². The van der Waals surface area contributed by atoms with Gasteiger partial charge in [-0.25, -0.2) is 0 Å². The standard InChI is InChI=1S/C15H25N/c1-5-13(6-2)10-14(16)15-11(3)8-7-9-12(15)4/h7-9,13-14H,5-6,10,16H2,1-4H3. The van der Waals surface area contributed by atoms with Gasteiger partial charge in [0.15, 0.2) is 0 Å². The molecular weight excluding hydrogens is 194 g/mol. The summed E-state index contributed by atoms with van der Waals surface area (Å²) in [4.78, 5) is 0. The molecular formula is C15H25N. The second kappa shape index (κ2) is 6.05. The van der Waals surface area contributed by atoms with Crippen LogP contribution in [0.15, 0.2) is 18.2 Å². The summed E-state index contributed by atoms with van der Waals surface area (Å²) < 4.78 is 0. The first-order valence-electron chi connectivity index (χ1n) is 6.41. The Labute approximate surface area is 100 Å². The third-order valence-corrected chi connectivity index (χ3v) is 3.65. The number of rotatable bonds is 5. The van der Waals surface area contributed by atoms with Gasteiger partial charge >= 0.3 is 0 Å². The van der Waals surface area contributed by atoms with Gasteiger partial charge in [-0.05, 0) is 42.9 Å². The molecule has 0 saturated carbocycles. The van der Waals surface area contributed by atoms with Gasteiger partial charge in [0, 0.05) is 6.04 Å². The second-order valence-corrected chi connectivity index (χ2v) is 4.83. The van der Waals surface area contributed by atoms with Gasteiger partial charge in [0.2, 0.25) is 0 Å². The van der Waals surface area contributed by atoms with E-state index in [2.05, 4.69) is 45.9 Å². The molecule has 0 bridgehead atoms. The van der Waals surface area contributed by atoms with Crippen LogP contribution in [0.2, 0.25) is 0 Å². The van der Waals surface area contributed by atoms with Crippen LogP contribution in [0.3, 0.4) is 0 Å². The minimum Gasteiger partial charge on any atom is -0.324 e. The largest absolute Gasteiger partial charge is 0.324 e. The zero-order chi connectivity index (χ0) is 12.1. The smallest absolute Gasteiger partial charge is 0.0302 e. The van der Waals surface area contributed by atoms with E-state index in [1.54, 1.807) is 0 Å². The SMILES string of the molecule is CCC(CC)CC(N)c1c(C)cccc1C. The average molecular weight is 219 g/mol. The molecule has 0 aliphatic heterocycles. The van der Waals surface area contributed by atoms with Crippen LogP contribution < -0.4 is 5.73 Å². The Morgan fingerprint density at radius 2 is 1.56 bits per heavy atom. The van der Waals surface area contributed by atoms with Crippen molar-refractivity contribution in [3.05, 3.63) is 34.9 Å². The summed E-state index contributed by atoms with van der Waals surface area (Å²) in [5.41, 5.74) is 10.4. The van der Waals surface area contributed by atoms with Crippen molar-refractivity contribution < 1.29 is 0 Å². The first kappa shape index (κ1) is 13.2. The highest BCUT2D eigenvalue weighted by Crippen LogP contribution is 2.27. The lowest BCUT2D eigenvalue weighted by atomic mass is 9.88. The topological polar surface area (TPSA) is 26.0 Å². The van der Waals surface area contributed by atoms with Gasteiger partial charge in [-0.15, -0.1) is 0 Å². The predicted octanol–water partition coefficient (Wildman–Crippen LogP) is 4.13. The van der Waals surface area contributed by atoms with Crippen LogP contribution in [-0.2, 0) is 0 Å². The van der Waals surface area contributed by atoms with Crippen molar-refractivity contribution in [3.8, 4) is 0 Å². The summed E-state index contributed by atoms with van der Waals surface area (Å²) in [6.45, 7) is 8.83. The van der Waals surface area contributed by atoms with Crippen molar-refractivity contribution in [2.75, 3.05) is 0 Å². The molecule has 0 aliphatic rings. The third-order valence-electron chi connectivity index (χ3n) is 3.65. The highest BCUT2D eigenvalue weighted by Gasteiger charge is 2.15. The molecule has 0 aromatic heterocycles. The molecule has 1 unspecified atom stereocenters. The third kappa shape index (κ3) is 3.08. The normalized spacial score (nSPS) is 13.1. The minimum atomic E-state index is 0.200. The van der Waals surface area contributed by atoms with Crippen LogP contribution >= 0.6 is 0 Å². The molecule has 0 saturated heterocycles. The lowest BCUT2D eigenvalue weighted by Crippen LogP contribution is -2.17. The van der Waals surface area contributed by atoms with Crippen molar-refractivity contribution in [2.45, 2.75) is 53.0 Å². The van der Waals surface area contributed by atoms with E-state index in [0.29, 0.717) is 0 Å². The van der Waals surface area contributed by atoms with Gasteiger partial charge in [0.1, 0.15) is 0 Å². The molecule has 0 aliphatic carbocycles. The van der Waals surface area contributed by atoms with Gasteiger partial charge in [0.05, 0.1) is 0 Å². The number of hydrogen-bond acceptors (Lipinski definition) is 1. The Hall–Kier alpha value is -0.820. The Morgan fingerprint density at radius 3 is 2.00 bits per heavy atom. The first-order chi connectivity index (χ1) is 7.60. The van der Waals surface area contributed by atoms with E-state index in [1.165, 1.54) is 29.5 Å². The molecule has 1 heteroatoms. The molecule has 1 aromatic rings. The maximum atomic E-state index is 6.35. The van der Waals surface area contributed by atoms with Gasteiger partial charge in [-0.3, -0.25) is 0 Å². The van der Waals surface area contributed by atoms with E-state index in [-0.39, 0.29) is 6.04 Å². The van der Waals surface area contributed by atoms with E-state index in [0.717, 1.165) is 12.3 Å². The van der Waals surface area contributed by atoms with Crippen LogP contribution in [0.25, 0.3) is 0 Å². The van der Waals surface area contributed by atoms with Crippen LogP contribution in [0.4, 0.5) is 0 Å². The highest BCUT2D eigenvalue weighted by atomic mass is 14.6. The fourth-order valence-corrected chi connectivity index (χ4v) is 2.51. The van der Waals surface area contributed by atoms with Gasteiger partial charge in [-0.2, -0.15) is 0 Å². The summed E-state index contributed by atoms with van der Waals surface area (Å²) in [6.07, 6.45) is 3.57. The van der Waals surface area contributed by atoms with Gasteiger partial charge in [-0.1, -0.05) is 44.9 Å². The van der Waals surface area contributed by atoms with Crippen LogP contribution in [0.1, 0.15) is 55.8 Å². The van der Waals surface area contributed by atoms with Crippen LogP contribution in [0.5, 0.6) is 0 Å². The minimum absolute atomic E-state index is 0.200. The molecule has 0 heterocycles. The molecule has 1 rings (SSSR count). The monoisotopic (exact) mass is 219 g/mol. The Morgan fingerprint density at radius 1 is 1.06 bits per heavy atom. The first-order valence-corrected chi connectivity index (χ1v) is 6.41. The Balaban J connectivity index is 2.83. The number of nitrogens with two attached hydrogens (primary N) is 1. The van der Waals surface area contributed by atoms with Gasteiger partial charge in [0.25, 0.3) is 0 Å². The van der Waals surface area contributed by atoms with E-state index in [9.17, 15) is 0 Å². The van der Waals surface area contributed by atoms with E-state index in [1.807, 2.05) is 0 Å². The highest BCUT2D eigenvalue weighted by molar-refractivity contribution is 5.35. The number of hydrogen-bond donors (Lipinski definition) is 1. The van der Waals surface area contributed by atoms with Crippen molar-refractivity contribution in [1.82, 2.24) is 0 Å². The van der Waals surface area contributed by atoms with Gasteiger partial charge < -0.3 is 5.73 Å². The summed E-state index contributed by atoms with van der Waals surface area (Å²) in [5.74, 6) is 0.758. The van der Waals surface area contributed by atoms with E-state index in [4.69, 9.17) is 5.73 Å². The molecule has 16 heavy (non-hydrogen) atoms. The zero-order valence-electron chi connectivity index (χ0n) is 11.1. The zero-order valence-corrected chi connectivity index (χ0v) is 11.1. The molecule has 1 nitrogen and oxygen atoms in total. The summed E-state index contributed by atoms with van der Waals surface area (Å²) in [5, 5.41) is 0. The Kier molecular flexibility index (Phi) is 5.01. The van der Waals surface area contributed by atoms with Crippen molar-refractivity contribution in [1.29, 1.82) is 0 Å². The predicted molar refractivity (Wildman–Crippen MR) is 71.5 cm³/mol. The second-order valence-electron chi connectivity index (χ2n) is 4.83. The maximum absolute atomic E-state index is 6.35. The lowest BCUT2D eigenvalue weighted by molar-refractivity contribution is 0.413. The van der Waals surface area contributed by atoms with E-state index >= 15 is 0 Å². The summed E-state index contributed by atoms with van der Waals surface area (Å²) >= 11 is 0. The molecule has 1 aromatic carbocycles. The molecule has 0 amide bonds.